The van der Waals surface area contributed by atoms with Crippen LogP contribution >= 0.6 is 23.2 Å². The third kappa shape index (κ3) is 2.82. The van der Waals surface area contributed by atoms with Gasteiger partial charge in [-0.05, 0) is 31.5 Å². The van der Waals surface area contributed by atoms with Crippen LogP contribution < -0.4 is 10.2 Å². The molecule has 0 spiro atoms. The molecule has 0 radical (unpaired) electrons. The summed E-state index contributed by atoms with van der Waals surface area (Å²) < 4.78 is 0. The molecule has 16 heavy (non-hydrogen) atoms. The van der Waals surface area contributed by atoms with E-state index in [4.69, 9.17) is 23.2 Å². The minimum atomic E-state index is 0.634. The molecule has 1 heterocycles. The van der Waals surface area contributed by atoms with Gasteiger partial charge >= 0.3 is 0 Å². The first-order chi connectivity index (χ1) is 7.79. The number of benzene rings is 1. The SMILES string of the molecule is Clc1cccc(N2CCCCNCC2)c1Cl. The lowest BCUT2D eigenvalue weighted by molar-refractivity contribution is 0.567. The van der Waals surface area contributed by atoms with E-state index in [-0.39, 0.29) is 0 Å². The van der Waals surface area contributed by atoms with Crippen LogP contribution in [0.2, 0.25) is 10.0 Å². The fourth-order valence-corrected chi connectivity index (χ4v) is 2.40. The van der Waals surface area contributed by atoms with Gasteiger partial charge in [-0.15, -0.1) is 0 Å². The summed E-state index contributed by atoms with van der Waals surface area (Å²) in [6.45, 7) is 4.17. The highest BCUT2D eigenvalue weighted by Gasteiger charge is 2.13. The van der Waals surface area contributed by atoms with Gasteiger partial charge in [-0.25, -0.2) is 0 Å². The van der Waals surface area contributed by atoms with E-state index in [0.717, 1.165) is 31.9 Å². The van der Waals surface area contributed by atoms with Crippen LogP contribution in [0.15, 0.2) is 18.2 Å². The van der Waals surface area contributed by atoms with Crippen LogP contribution in [0.25, 0.3) is 0 Å². The lowest BCUT2D eigenvalue weighted by Gasteiger charge is -2.28. The summed E-state index contributed by atoms with van der Waals surface area (Å²) in [4.78, 5) is 2.31. The van der Waals surface area contributed by atoms with Gasteiger partial charge in [0.15, 0.2) is 0 Å². The lowest BCUT2D eigenvalue weighted by Crippen LogP contribution is -2.36. The highest BCUT2D eigenvalue weighted by Crippen LogP contribution is 2.32. The summed E-state index contributed by atoms with van der Waals surface area (Å²) in [7, 11) is 0. The van der Waals surface area contributed by atoms with E-state index in [1.165, 1.54) is 12.8 Å². The van der Waals surface area contributed by atoms with Crippen LogP contribution in [0.3, 0.4) is 0 Å². The average Bonchev–Trinajstić information content (AvgIpc) is 2.23. The van der Waals surface area contributed by atoms with Gasteiger partial charge in [0.25, 0.3) is 0 Å². The largest absolute Gasteiger partial charge is 0.369 e. The number of nitrogens with zero attached hydrogens (tertiary/aromatic N) is 1. The molecular formula is C12H16Cl2N2. The lowest BCUT2D eigenvalue weighted by atomic mass is 10.2. The van der Waals surface area contributed by atoms with Crippen LogP contribution in [0.1, 0.15) is 12.8 Å². The molecule has 2 nitrogen and oxygen atoms in total. The number of anilines is 1. The highest BCUT2D eigenvalue weighted by atomic mass is 35.5. The van der Waals surface area contributed by atoms with Crippen molar-refractivity contribution in [2.75, 3.05) is 31.1 Å². The minimum absolute atomic E-state index is 0.634. The van der Waals surface area contributed by atoms with Crippen molar-refractivity contribution in [2.45, 2.75) is 12.8 Å². The molecule has 4 heteroatoms. The zero-order valence-electron chi connectivity index (χ0n) is 9.18. The van der Waals surface area contributed by atoms with Gasteiger partial charge < -0.3 is 10.2 Å². The number of rotatable bonds is 1. The van der Waals surface area contributed by atoms with E-state index in [9.17, 15) is 0 Å². The van der Waals surface area contributed by atoms with Gasteiger partial charge in [0, 0.05) is 19.6 Å². The second-order valence-corrected chi connectivity index (χ2v) is 4.80. The Balaban J connectivity index is 2.17. The summed E-state index contributed by atoms with van der Waals surface area (Å²) in [6, 6.07) is 5.82. The fraction of sp³-hybridized carbons (Fsp3) is 0.500. The van der Waals surface area contributed by atoms with Crippen molar-refractivity contribution in [3.63, 3.8) is 0 Å². The van der Waals surface area contributed by atoms with Crippen molar-refractivity contribution < 1.29 is 0 Å². The molecular weight excluding hydrogens is 243 g/mol. The molecule has 0 unspecified atom stereocenters. The number of hydrogen-bond donors (Lipinski definition) is 1. The monoisotopic (exact) mass is 258 g/mol. The van der Waals surface area contributed by atoms with Gasteiger partial charge in [0.1, 0.15) is 0 Å². The van der Waals surface area contributed by atoms with Crippen molar-refractivity contribution in [2.24, 2.45) is 0 Å². The Morgan fingerprint density at radius 1 is 1.06 bits per heavy atom. The maximum atomic E-state index is 6.23. The zero-order valence-corrected chi connectivity index (χ0v) is 10.7. The first kappa shape index (κ1) is 12.0. The summed E-state index contributed by atoms with van der Waals surface area (Å²) in [5, 5.41) is 4.71. The van der Waals surface area contributed by atoms with E-state index in [2.05, 4.69) is 10.2 Å². The van der Waals surface area contributed by atoms with E-state index in [0.29, 0.717) is 10.0 Å². The predicted octanol–water partition coefficient (Wildman–Crippen LogP) is 3.18. The van der Waals surface area contributed by atoms with E-state index in [1.807, 2.05) is 18.2 Å². The Hall–Kier alpha value is -0.440. The molecule has 2 rings (SSSR count). The number of halogens is 2. The molecule has 1 aliphatic rings. The fourth-order valence-electron chi connectivity index (χ4n) is 1.98. The predicted molar refractivity (Wildman–Crippen MR) is 70.8 cm³/mol. The Morgan fingerprint density at radius 3 is 2.81 bits per heavy atom. The average molecular weight is 259 g/mol. The third-order valence-electron chi connectivity index (χ3n) is 2.86. The quantitative estimate of drug-likeness (QED) is 0.833. The summed E-state index contributed by atoms with van der Waals surface area (Å²) in [5.41, 5.74) is 1.05. The van der Waals surface area contributed by atoms with Crippen LogP contribution in [-0.4, -0.2) is 26.2 Å². The van der Waals surface area contributed by atoms with Gasteiger partial charge in [0.05, 0.1) is 15.7 Å². The van der Waals surface area contributed by atoms with Crippen molar-refractivity contribution in [3.05, 3.63) is 28.2 Å². The van der Waals surface area contributed by atoms with Crippen LogP contribution in [0.5, 0.6) is 0 Å². The molecule has 1 N–H and O–H groups in total. The molecule has 0 bridgehead atoms. The second-order valence-electron chi connectivity index (χ2n) is 4.02. The molecule has 0 amide bonds. The first-order valence-electron chi connectivity index (χ1n) is 5.69. The van der Waals surface area contributed by atoms with Crippen LogP contribution in [-0.2, 0) is 0 Å². The summed E-state index contributed by atoms with van der Waals surface area (Å²) >= 11 is 12.3. The van der Waals surface area contributed by atoms with Crippen LogP contribution in [0.4, 0.5) is 5.69 Å². The van der Waals surface area contributed by atoms with E-state index >= 15 is 0 Å². The first-order valence-corrected chi connectivity index (χ1v) is 6.44. The molecule has 1 saturated heterocycles. The topological polar surface area (TPSA) is 15.3 Å². The Morgan fingerprint density at radius 2 is 1.94 bits per heavy atom. The Labute approximate surface area is 107 Å². The summed E-state index contributed by atoms with van der Waals surface area (Å²) in [6.07, 6.45) is 2.41. The molecule has 1 aliphatic heterocycles. The van der Waals surface area contributed by atoms with Gasteiger partial charge in [-0.1, -0.05) is 29.3 Å². The second kappa shape index (κ2) is 5.76. The Bertz CT molecular complexity index is 347. The van der Waals surface area contributed by atoms with Crippen LogP contribution in [0, 0.1) is 0 Å². The van der Waals surface area contributed by atoms with Crippen molar-refractivity contribution in [1.29, 1.82) is 0 Å². The molecule has 0 aliphatic carbocycles. The van der Waals surface area contributed by atoms with Gasteiger partial charge in [0.2, 0.25) is 0 Å². The number of nitrogens with one attached hydrogen (secondary N) is 1. The van der Waals surface area contributed by atoms with Gasteiger partial charge in [-0.3, -0.25) is 0 Å². The Kier molecular flexibility index (Phi) is 4.33. The maximum Gasteiger partial charge on any atom is 0.0825 e. The highest BCUT2D eigenvalue weighted by molar-refractivity contribution is 6.43. The molecule has 1 aromatic rings. The van der Waals surface area contributed by atoms with Crippen molar-refractivity contribution >= 4 is 28.9 Å². The molecule has 0 saturated carbocycles. The zero-order chi connectivity index (χ0) is 11.4. The number of hydrogen-bond acceptors (Lipinski definition) is 2. The van der Waals surface area contributed by atoms with E-state index in [1.54, 1.807) is 0 Å². The molecule has 0 aromatic heterocycles. The molecule has 1 aromatic carbocycles. The normalized spacial score (nSPS) is 18.0. The van der Waals surface area contributed by atoms with Crippen molar-refractivity contribution in [3.8, 4) is 0 Å². The minimum Gasteiger partial charge on any atom is -0.369 e. The van der Waals surface area contributed by atoms with E-state index < -0.39 is 0 Å². The smallest absolute Gasteiger partial charge is 0.0825 e. The van der Waals surface area contributed by atoms with Crippen molar-refractivity contribution in [1.82, 2.24) is 5.32 Å². The summed E-state index contributed by atoms with van der Waals surface area (Å²) in [5.74, 6) is 0. The molecule has 1 fully saturated rings. The molecule has 0 atom stereocenters. The van der Waals surface area contributed by atoms with Gasteiger partial charge in [-0.2, -0.15) is 0 Å². The standard InChI is InChI=1S/C12H16Cl2N2/c13-10-4-3-5-11(12(10)14)16-8-2-1-6-15-7-9-16/h3-5,15H,1-2,6-9H2. The maximum absolute atomic E-state index is 6.23. The molecule has 88 valence electrons. The third-order valence-corrected chi connectivity index (χ3v) is 3.67.